The summed E-state index contributed by atoms with van der Waals surface area (Å²) in [5.41, 5.74) is 0.288. The second kappa shape index (κ2) is 9.48. The Kier molecular flexibility index (Phi) is 6.52. The molecule has 2 aromatic heterocycles. The second-order valence-electron chi connectivity index (χ2n) is 6.43. The van der Waals surface area contributed by atoms with Crippen molar-refractivity contribution in [3.05, 3.63) is 92.4 Å². The SMILES string of the molecule is O=C(Nc1ncn(Cc2c(F)cccc2Cl)n1)c1ccc(COc2ccc(I)cc2)o1. The molecule has 158 valence electrons. The summed E-state index contributed by atoms with van der Waals surface area (Å²) < 4.78 is 27.6. The van der Waals surface area contributed by atoms with Gasteiger partial charge in [-0.25, -0.2) is 14.1 Å². The van der Waals surface area contributed by atoms with Gasteiger partial charge in [0.05, 0.1) is 6.54 Å². The molecule has 0 aliphatic heterocycles. The van der Waals surface area contributed by atoms with Crippen LogP contribution in [0.4, 0.5) is 10.3 Å². The van der Waals surface area contributed by atoms with Crippen LogP contribution in [0.1, 0.15) is 21.9 Å². The van der Waals surface area contributed by atoms with Gasteiger partial charge in [0, 0.05) is 14.2 Å². The lowest BCUT2D eigenvalue weighted by atomic mass is 10.2. The van der Waals surface area contributed by atoms with Gasteiger partial charge in [-0.3, -0.25) is 10.1 Å². The highest BCUT2D eigenvalue weighted by Gasteiger charge is 2.15. The summed E-state index contributed by atoms with van der Waals surface area (Å²) in [7, 11) is 0. The highest BCUT2D eigenvalue weighted by atomic mass is 127. The van der Waals surface area contributed by atoms with E-state index >= 15 is 0 Å². The highest BCUT2D eigenvalue weighted by molar-refractivity contribution is 14.1. The molecule has 2 aromatic carbocycles. The lowest BCUT2D eigenvalue weighted by Gasteiger charge is -2.05. The molecule has 10 heteroatoms. The fraction of sp³-hybridized carbons (Fsp3) is 0.0952. The van der Waals surface area contributed by atoms with E-state index in [9.17, 15) is 9.18 Å². The maximum atomic E-state index is 13.9. The van der Waals surface area contributed by atoms with Crippen molar-refractivity contribution < 1.29 is 18.3 Å². The van der Waals surface area contributed by atoms with Crippen LogP contribution in [-0.2, 0) is 13.2 Å². The van der Waals surface area contributed by atoms with E-state index in [1.807, 2.05) is 24.3 Å². The number of amides is 1. The summed E-state index contributed by atoms with van der Waals surface area (Å²) in [6.07, 6.45) is 1.38. The van der Waals surface area contributed by atoms with E-state index < -0.39 is 11.7 Å². The number of rotatable bonds is 7. The number of carbonyl (C=O) groups is 1. The molecule has 0 unspecified atom stereocenters. The number of benzene rings is 2. The van der Waals surface area contributed by atoms with Crippen LogP contribution in [0.25, 0.3) is 0 Å². The Morgan fingerprint density at radius 3 is 2.77 bits per heavy atom. The van der Waals surface area contributed by atoms with Crippen molar-refractivity contribution in [3.63, 3.8) is 0 Å². The first kappa shape index (κ1) is 21.3. The number of nitrogens with zero attached hydrogens (tertiary/aromatic N) is 3. The van der Waals surface area contributed by atoms with Gasteiger partial charge in [-0.05, 0) is 71.1 Å². The molecular weight excluding hydrogens is 538 g/mol. The third-order valence-corrected chi connectivity index (χ3v) is 5.30. The van der Waals surface area contributed by atoms with Gasteiger partial charge in [0.25, 0.3) is 5.91 Å². The van der Waals surface area contributed by atoms with Crippen LogP contribution in [0.3, 0.4) is 0 Å². The van der Waals surface area contributed by atoms with E-state index in [-0.39, 0.29) is 35.4 Å². The minimum Gasteiger partial charge on any atom is -0.486 e. The summed E-state index contributed by atoms with van der Waals surface area (Å²) in [5.74, 6) is 0.399. The van der Waals surface area contributed by atoms with Gasteiger partial charge in [-0.15, -0.1) is 5.10 Å². The lowest BCUT2D eigenvalue weighted by Crippen LogP contribution is -2.13. The molecule has 2 heterocycles. The number of anilines is 1. The quantitative estimate of drug-likeness (QED) is 0.321. The van der Waals surface area contributed by atoms with Gasteiger partial charge in [0.1, 0.15) is 30.3 Å². The van der Waals surface area contributed by atoms with Crippen molar-refractivity contribution in [2.45, 2.75) is 13.2 Å². The molecule has 0 atom stereocenters. The van der Waals surface area contributed by atoms with Gasteiger partial charge >= 0.3 is 0 Å². The van der Waals surface area contributed by atoms with Crippen molar-refractivity contribution >= 4 is 46.0 Å². The van der Waals surface area contributed by atoms with Crippen LogP contribution in [-0.4, -0.2) is 20.7 Å². The molecule has 31 heavy (non-hydrogen) atoms. The zero-order valence-electron chi connectivity index (χ0n) is 15.9. The van der Waals surface area contributed by atoms with Gasteiger partial charge in [0.2, 0.25) is 5.95 Å². The maximum Gasteiger partial charge on any atom is 0.293 e. The van der Waals surface area contributed by atoms with Gasteiger partial charge in [-0.1, -0.05) is 17.7 Å². The zero-order chi connectivity index (χ0) is 21.8. The van der Waals surface area contributed by atoms with Gasteiger partial charge in [-0.2, -0.15) is 0 Å². The van der Waals surface area contributed by atoms with E-state index in [0.717, 1.165) is 3.57 Å². The number of hydrogen-bond donors (Lipinski definition) is 1. The summed E-state index contributed by atoms with van der Waals surface area (Å²) in [6, 6.07) is 15.2. The van der Waals surface area contributed by atoms with E-state index in [1.54, 1.807) is 12.1 Å². The normalized spacial score (nSPS) is 10.8. The van der Waals surface area contributed by atoms with Crippen molar-refractivity contribution in [3.8, 4) is 5.75 Å². The Bertz CT molecular complexity index is 1190. The monoisotopic (exact) mass is 552 g/mol. The third kappa shape index (κ3) is 5.42. The smallest absolute Gasteiger partial charge is 0.293 e. The molecule has 7 nitrogen and oxygen atoms in total. The van der Waals surface area contributed by atoms with Crippen molar-refractivity contribution in [1.82, 2.24) is 14.8 Å². The Balaban J connectivity index is 1.35. The Morgan fingerprint density at radius 1 is 1.19 bits per heavy atom. The number of carbonyl (C=O) groups excluding carboxylic acids is 1. The zero-order valence-corrected chi connectivity index (χ0v) is 18.8. The van der Waals surface area contributed by atoms with E-state index in [1.165, 1.54) is 29.2 Å². The average molecular weight is 553 g/mol. The number of aromatic nitrogens is 3. The first-order valence-electron chi connectivity index (χ1n) is 9.09. The summed E-state index contributed by atoms with van der Waals surface area (Å²) in [4.78, 5) is 16.4. The first-order chi connectivity index (χ1) is 15.0. The largest absolute Gasteiger partial charge is 0.486 e. The molecule has 0 saturated heterocycles. The van der Waals surface area contributed by atoms with Crippen molar-refractivity contribution in [1.29, 1.82) is 0 Å². The van der Waals surface area contributed by atoms with E-state index in [0.29, 0.717) is 11.5 Å². The predicted molar refractivity (Wildman–Crippen MR) is 121 cm³/mol. The molecular formula is C21H15ClFIN4O3. The summed E-state index contributed by atoms with van der Waals surface area (Å²) >= 11 is 8.24. The van der Waals surface area contributed by atoms with Gasteiger partial charge in [0.15, 0.2) is 5.76 Å². The van der Waals surface area contributed by atoms with Crippen LogP contribution >= 0.6 is 34.2 Å². The molecule has 4 aromatic rings. The standard InChI is InChI=1S/C21H15ClFIN4O3/c22-17-2-1-3-18(23)16(17)10-28-12-25-21(27-28)26-20(29)19-9-8-15(31-19)11-30-14-6-4-13(24)5-7-14/h1-9,12H,10-11H2,(H,26,27,29). The number of halogens is 3. The van der Waals surface area contributed by atoms with E-state index in [2.05, 4.69) is 38.0 Å². The minimum atomic E-state index is -0.512. The number of hydrogen-bond acceptors (Lipinski definition) is 5. The Morgan fingerprint density at radius 2 is 2.00 bits per heavy atom. The summed E-state index contributed by atoms with van der Waals surface area (Å²) in [5, 5.41) is 6.96. The molecule has 0 saturated carbocycles. The first-order valence-corrected chi connectivity index (χ1v) is 10.5. The fourth-order valence-corrected chi connectivity index (χ4v) is 3.28. The molecule has 0 radical (unpaired) electrons. The molecule has 0 spiro atoms. The molecule has 1 amide bonds. The van der Waals surface area contributed by atoms with Crippen LogP contribution < -0.4 is 10.1 Å². The predicted octanol–water partition coefficient (Wildman–Crippen LogP) is 5.15. The Hall–Kier alpha value is -2.92. The van der Waals surface area contributed by atoms with Crippen LogP contribution in [0, 0.1) is 9.39 Å². The van der Waals surface area contributed by atoms with Gasteiger partial charge < -0.3 is 9.15 Å². The topological polar surface area (TPSA) is 82.2 Å². The second-order valence-corrected chi connectivity index (χ2v) is 8.08. The molecule has 1 N–H and O–H groups in total. The molecule has 0 aliphatic carbocycles. The minimum absolute atomic E-state index is 0.0607. The summed E-state index contributed by atoms with van der Waals surface area (Å²) in [6.45, 7) is 0.263. The average Bonchev–Trinajstić information content (AvgIpc) is 3.40. The molecule has 0 bridgehead atoms. The molecule has 4 rings (SSSR count). The lowest BCUT2D eigenvalue weighted by molar-refractivity contribution is 0.0991. The number of ether oxygens (including phenoxy) is 1. The van der Waals surface area contributed by atoms with Crippen LogP contribution in [0.5, 0.6) is 5.75 Å². The van der Waals surface area contributed by atoms with Crippen LogP contribution in [0.15, 0.2) is 65.3 Å². The van der Waals surface area contributed by atoms with Crippen molar-refractivity contribution in [2.75, 3.05) is 5.32 Å². The molecule has 0 fully saturated rings. The maximum absolute atomic E-state index is 13.9. The third-order valence-electron chi connectivity index (χ3n) is 4.22. The van der Waals surface area contributed by atoms with E-state index in [4.69, 9.17) is 20.8 Å². The van der Waals surface area contributed by atoms with Crippen molar-refractivity contribution in [2.24, 2.45) is 0 Å². The van der Waals surface area contributed by atoms with Crippen LogP contribution in [0.2, 0.25) is 5.02 Å². The fourth-order valence-electron chi connectivity index (χ4n) is 2.70. The molecule has 0 aliphatic rings. The highest BCUT2D eigenvalue weighted by Crippen LogP contribution is 2.20. The number of furan rings is 1. The Labute approximate surface area is 195 Å². The number of nitrogens with one attached hydrogen (secondary N) is 1.